The topological polar surface area (TPSA) is 74.7 Å². The van der Waals surface area contributed by atoms with Gasteiger partial charge in [-0.1, -0.05) is 12.1 Å². The first-order valence-corrected chi connectivity index (χ1v) is 9.65. The maximum Gasteiger partial charge on any atom is 0.203 e. The van der Waals surface area contributed by atoms with Gasteiger partial charge in [-0.05, 0) is 36.4 Å². The lowest BCUT2D eigenvalue weighted by molar-refractivity contribution is 0.324. The molecular formula is C24H23N3O4. The summed E-state index contributed by atoms with van der Waals surface area (Å²) in [6.07, 6.45) is 0. The van der Waals surface area contributed by atoms with Gasteiger partial charge >= 0.3 is 0 Å². The minimum absolute atomic E-state index is 0.530. The first-order chi connectivity index (χ1) is 15.2. The average molecular weight is 417 g/mol. The van der Waals surface area contributed by atoms with Crippen molar-refractivity contribution in [2.75, 3.05) is 33.8 Å². The van der Waals surface area contributed by atoms with E-state index >= 15 is 0 Å². The zero-order valence-electron chi connectivity index (χ0n) is 17.8. The molecular weight excluding hydrogens is 394 g/mol. The van der Waals surface area contributed by atoms with Gasteiger partial charge in [0.25, 0.3) is 0 Å². The number of benzene rings is 3. The molecule has 7 nitrogen and oxygen atoms in total. The lowest BCUT2D eigenvalue weighted by atomic mass is 10.1. The number of ether oxygens (including phenoxy) is 4. The van der Waals surface area contributed by atoms with Gasteiger partial charge in [-0.25, -0.2) is 9.97 Å². The second-order valence-electron chi connectivity index (χ2n) is 6.68. The summed E-state index contributed by atoms with van der Waals surface area (Å²) in [6.45, 7) is 0. The highest BCUT2D eigenvalue weighted by atomic mass is 16.5. The smallest absolute Gasteiger partial charge is 0.203 e. The van der Waals surface area contributed by atoms with Gasteiger partial charge in [-0.15, -0.1) is 0 Å². The molecule has 0 fully saturated rings. The van der Waals surface area contributed by atoms with E-state index in [0.29, 0.717) is 28.9 Å². The maximum absolute atomic E-state index is 5.47. The molecule has 0 aliphatic rings. The van der Waals surface area contributed by atoms with Crippen LogP contribution in [-0.2, 0) is 0 Å². The molecule has 158 valence electrons. The molecule has 3 aromatic carbocycles. The Morgan fingerprint density at radius 1 is 0.710 bits per heavy atom. The number of rotatable bonds is 7. The highest BCUT2D eigenvalue weighted by Crippen LogP contribution is 2.41. The van der Waals surface area contributed by atoms with Gasteiger partial charge in [0.1, 0.15) is 11.6 Å². The van der Waals surface area contributed by atoms with E-state index in [-0.39, 0.29) is 0 Å². The van der Waals surface area contributed by atoms with Gasteiger partial charge in [-0.3, -0.25) is 0 Å². The standard InChI is InChI=1S/C24H23N3O4/c1-28-17-11-9-15(10-12-17)23-26-19-8-6-5-7-18(19)24(27-23)25-16-13-20(29-2)22(31-4)21(14-16)30-3/h5-14H,1-4H3,(H,25,26,27). The normalized spacial score (nSPS) is 10.6. The molecule has 0 unspecified atom stereocenters. The van der Waals surface area contributed by atoms with Gasteiger partial charge in [0.05, 0.1) is 34.0 Å². The van der Waals surface area contributed by atoms with Crippen molar-refractivity contribution in [2.24, 2.45) is 0 Å². The van der Waals surface area contributed by atoms with Crippen LogP contribution in [0, 0.1) is 0 Å². The highest BCUT2D eigenvalue weighted by molar-refractivity contribution is 5.92. The third kappa shape index (κ3) is 4.02. The van der Waals surface area contributed by atoms with Crippen molar-refractivity contribution in [3.8, 4) is 34.4 Å². The van der Waals surface area contributed by atoms with Gasteiger partial charge in [0.15, 0.2) is 17.3 Å². The Labute approximate surface area is 180 Å². The lowest BCUT2D eigenvalue weighted by Gasteiger charge is -2.16. The Bertz CT molecular complexity index is 1180. The predicted octanol–water partition coefficient (Wildman–Crippen LogP) is 5.07. The molecule has 1 N–H and O–H groups in total. The van der Waals surface area contributed by atoms with Crippen molar-refractivity contribution in [1.29, 1.82) is 0 Å². The molecule has 0 atom stereocenters. The van der Waals surface area contributed by atoms with Crippen molar-refractivity contribution in [2.45, 2.75) is 0 Å². The van der Waals surface area contributed by atoms with Crippen molar-refractivity contribution < 1.29 is 18.9 Å². The number of anilines is 2. The number of nitrogens with zero attached hydrogens (tertiary/aromatic N) is 2. The molecule has 4 aromatic rings. The van der Waals surface area contributed by atoms with Crippen LogP contribution in [0.25, 0.3) is 22.3 Å². The first kappa shape index (κ1) is 20.3. The fraction of sp³-hybridized carbons (Fsp3) is 0.167. The summed E-state index contributed by atoms with van der Waals surface area (Å²) < 4.78 is 21.6. The van der Waals surface area contributed by atoms with Gasteiger partial charge in [-0.2, -0.15) is 0 Å². The fourth-order valence-corrected chi connectivity index (χ4v) is 3.33. The van der Waals surface area contributed by atoms with Crippen molar-refractivity contribution in [3.05, 3.63) is 60.7 Å². The van der Waals surface area contributed by atoms with E-state index in [4.69, 9.17) is 28.9 Å². The summed E-state index contributed by atoms with van der Waals surface area (Å²) in [5.74, 6) is 3.69. The summed E-state index contributed by atoms with van der Waals surface area (Å²) in [5, 5.41) is 4.29. The molecule has 0 saturated carbocycles. The monoisotopic (exact) mass is 417 g/mol. The number of hydrogen-bond acceptors (Lipinski definition) is 7. The van der Waals surface area contributed by atoms with Crippen molar-refractivity contribution >= 4 is 22.4 Å². The fourth-order valence-electron chi connectivity index (χ4n) is 3.33. The number of methoxy groups -OCH3 is 4. The molecule has 1 heterocycles. The molecule has 0 bridgehead atoms. The van der Waals surface area contributed by atoms with E-state index in [0.717, 1.165) is 27.9 Å². The largest absolute Gasteiger partial charge is 0.497 e. The summed E-state index contributed by atoms with van der Waals surface area (Å²) >= 11 is 0. The van der Waals surface area contributed by atoms with Crippen LogP contribution >= 0.6 is 0 Å². The quantitative estimate of drug-likeness (QED) is 0.450. The summed E-state index contributed by atoms with van der Waals surface area (Å²) in [5.41, 5.74) is 2.47. The van der Waals surface area contributed by atoms with Crippen molar-refractivity contribution in [3.63, 3.8) is 0 Å². The second kappa shape index (κ2) is 8.79. The van der Waals surface area contributed by atoms with E-state index in [2.05, 4.69) is 5.32 Å². The Morgan fingerprint density at radius 3 is 2.00 bits per heavy atom. The van der Waals surface area contributed by atoms with Crippen molar-refractivity contribution in [1.82, 2.24) is 9.97 Å². The molecule has 1 aromatic heterocycles. The van der Waals surface area contributed by atoms with Crippen LogP contribution < -0.4 is 24.3 Å². The number of hydrogen-bond donors (Lipinski definition) is 1. The van der Waals surface area contributed by atoms with E-state index in [1.165, 1.54) is 0 Å². The van der Waals surface area contributed by atoms with E-state index in [1.54, 1.807) is 28.4 Å². The van der Waals surface area contributed by atoms with Crippen LogP contribution in [0.4, 0.5) is 11.5 Å². The minimum Gasteiger partial charge on any atom is -0.497 e. The average Bonchev–Trinajstić information content (AvgIpc) is 2.83. The summed E-state index contributed by atoms with van der Waals surface area (Å²) in [6, 6.07) is 19.2. The van der Waals surface area contributed by atoms with Crippen LogP contribution in [-0.4, -0.2) is 38.4 Å². The van der Waals surface area contributed by atoms with Crippen LogP contribution in [0.3, 0.4) is 0 Å². The van der Waals surface area contributed by atoms with Crippen LogP contribution in [0.2, 0.25) is 0 Å². The van der Waals surface area contributed by atoms with E-state index in [1.807, 2.05) is 60.7 Å². The Morgan fingerprint density at radius 2 is 1.39 bits per heavy atom. The zero-order chi connectivity index (χ0) is 21.8. The van der Waals surface area contributed by atoms with Gasteiger partial charge < -0.3 is 24.3 Å². The summed E-state index contributed by atoms with van der Waals surface area (Å²) in [7, 11) is 6.39. The number of para-hydroxylation sites is 1. The predicted molar refractivity (Wildman–Crippen MR) is 121 cm³/mol. The molecule has 0 aliphatic heterocycles. The molecule has 0 spiro atoms. The maximum atomic E-state index is 5.47. The van der Waals surface area contributed by atoms with Gasteiger partial charge in [0.2, 0.25) is 5.75 Å². The molecule has 7 heteroatoms. The third-order valence-corrected chi connectivity index (χ3v) is 4.88. The van der Waals surface area contributed by atoms with Crippen LogP contribution in [0.15, 0.2) is 60.7 Å². The van der Waals surface area contributed by atoms with Crippen LogP contribution in [0.1, 0.15) is 0 Å². The Balaban J connectivity index is 1.81. The highest BCUT2D eigenvalue weighted by Gasteiger charge is 2.15. The summed E-state index contributed by atoms with van der Waals surface area (Å²) in [4.78, 5) is 9.54. The Hall–Kier alpha value is -4.00. The van der Waals surface area contributed by atoms with Crippen LogP contribution in [0.5, 0.6) is 23.0 Å². The van der Waals surface area contributed by atoms with E-state index < -0.39 is 0 Å². The Kier molecular flexibility index (Phi) is 5.75. The lowest BCUT2D eigenvalue weighted by Crippen LogP contribution is -2.01. The molecule has 31 heavy (non-hydrogen) atoms. The zero-order valence-corrected chi connectivity index (χ0v) is 17.8. The third-order valence-electron chi connectivity index (χ3n) is 4.88. The molecule has 0 aliphatic carbocycles. The number of fused-ring (bicyclic) bond motifs is 1. The molecule has 0 saturated heterocycles. The number of aromatic nitrogens is 2. The molecule has 0 radical (unpaired) electrons. The number of nitrogens with one attached hydrogen (secondary N) is 1. The first-order valence-electron chi connectivity index (χ1n) is 9.65. The molecule has 0 amide bonds. The van der Waals surface area contributed by atoms with E-state index in [9.17, 15) is 0 Å². The molecule has 4 rings (SSSR count). The van der Waals surface area contributed by atoms with Gasteiger partial charge in [0, 0.05) is 28.8 Å². The second-order valence-corrected chi connectivity index (χ2v) is 6.68. The SMILES string of the molecule is COc1ccc(-c2nc(Nc3cc(OC)c(OC)c(OC)c3)c3ccccc3n2)cc1. The minimum atomic E-state index is 0.530.